The van der Waals surface area contributed by atoms with Crippen LogP contribution >= 0.6 is 15.9 Å². The van der Waals surface area contributed by atoms with Crippen molar-refractivity contribution in [2.24, 2.45) is 10.9 Å². The molecule has 0 saturated carbocycles. The predicted molar refractivity (Wildman–Crippen MR) is 115 cm³/mol. The minimum absolute atomic E-state index is 0.505. The van der Waals surface area contributed by atoms with Crippen molar-refractivity contribution in [1.29, 1.82) is 0 Å². The van der Waals surface area contributed by atoms with Crippen LogP contribution in [0.25, 0.3) is 0 Å². The summed E-state index contributed by atoms with van der Waals surface area (Å²) in [6, 6.07) is 6.89. The lowest BCUT2D eigenvalue weighted by atomic mass is 10.0. The molecule has 0 amide bonds. The van der Waals surface area contributed by atoms with Gasteiger partial charge >= 0.3 is 0 Å². The maximum atomic E-state index is 5.51. The van der Waals surface area contributed by atoms with Gasteiger partial charge in [-0.2, -0.15) is 0 Å². The van der Waals surface area contributed by atoms with E-state index in [0.29, 0.717) is 12.6 Å². The Hall–Kier alpha value is -1.11. The van der Waals surface area contributed by atoms with E-state index in [1.165, 1.54) is 50.0 Å². The van der Waals surface area contributed by atoms with Crippen LogP contribution in [-0.2, 0) is 11.3 Å². The van der Waals surface area contributed by atoms with Crippen molar-refractivity contribution in [2.45, 2.75) is 45.7 Å². The fourth-order valence-electron chi connectivity index (χ4n) is 3.87. The van der Waals surface area contributed by atoms with Crippen LogP contribution in [0.1, 0.15) is 37.3 Å². The van der Waals surface area contributed by atoms with E-state index in [-0.39, 0.29) is 0 Å². The van der Waals surface area contributed by atoms with Crippen LogP contribution in [0.4, 0.5) is 0 Å². The van der Waals surface area contributed by atoms with Gasteiger partial charge in [0.1, 0.15) is 0 Å². The molecule has 2 fully saturated rings. The molecule has 1 atom stereocenters. The second-order valence-corrected chi connectivity index (χ2v) is 8.63. The van der Waals surface area contributed by atoms with Crippen LogP contribution in [-0.4, -0.2) is 56.3 Å². The summed E-state index contributed by atoms with van der Waals surface area (Å²) in [5.41, 5.74) is 2.54. The Morgan fingerprint density at radius 3 is 2.78 bits per heavy atom. The van der Waals surface area contributed by atoms with E-state index in [2.05, 4.69) is 63.5 Å². The third-order valence-corrected chi connectivity index (χ3v) is 6.02. The topological polar surface area (TPSA) is 48.9 Å². The second kappa shape index (κ2) is 10.4. The molecule has 3 rings (SSSR count). The van der Waals surface area contributed by atoms with Gasteiger partial charge in [0.2, 0.25) is 0 Å². The Morgan fingerprint density at radius 1 is 1.30 bits per heavy atom. The minimum Gasteiger partial charge on any atom is -0.381 e. The molecule has 1 aromatic carbocycles. The van der Waals surface area contributed by atoms with Crippen molar-refractivity contribution in [3.63, 3.8) is 0 Å². The number of hydrogen-bond acceptors (Lipinski definition) is 3. The fraction of sp³-hybridized carbons (Fsp3) is 0.667. The Morgan fingerprint density at radius 2 is 2.11 bits per heavy atom. The molecule has 0 aromatic heterocycles. The van der Waals surface area contributed by atoms with Crippen LogP contribution in [0.2, 0.25) is 0 Å². The van der Waals surface area contributed by atoms with E-state index in [4.69, 9.17) is 9.73 Å². The summed E-state index contributed by atoms with van der Waals surface area (Å²) < 4.78 is 6.63. The summed E-state index contributed by atoms with van der Waals surface area (Å²) in [5.74, 6) is 1.67. The van der Waals surface area contributed by atoms with E-state index in [1.54, 1.807) is 0 Å². The standard InChI is InChI=1S/C21H33BrN4O/c1-3-23-21(24-13-18-4-5-19(22)12-16(18)2)25-20-6-9-26(10-7-20)14-17-8-11-27-15-17/h4-5,12,17,20H,3,6-11,13-15H2,1-2H3,(H2,23,24,25). The first kappa shape index (κ1) is 20.6. The van der Waals surface area contributed by atoms with E-state index in [9.17, 15) is 0 Å². The molecule has 2 aliphatic rings. The predicted octanol–water partition coefficient (Wildman–Crippen LogP) is 3.31. The van der Waals surface area contributed by atoms with Crippen molar-refractivity contribution in [3.8, 4) is 0 Å². The molecular weight excluding hydrogens is 404 g/mol. The number of hydrogen-bond donors (Lipinski definition) is 2. The smallest absolute Gasteiger partial charge is 0.191 e. The summed E-state index contributed by atoms with van der Waals surface area (Å²) in [7, 11) is 0. The molecular formula is C21H33BrN4O. The monoisotopic (exact) mass is 436 g/mol. The van der Waals surface area contributed by atoms with Crippen molar-refractivity contribution in [3.05, 3.63) is 33.8 Å². The van der Waals surface area contributed by atoms with Crippen molar-refractivity contribution in [2.75, 3.05) is 39.4 Å². The van der Waals surface area contributed by atoms with Gasteiger partial charge in [0.25, 0.3) is 0 Å². The zero-order chi connectivity index (χ0) is 19.1. The van der Waals surface area contributed by atoms with Crippen molar-refractivity contribution >= 4 is 21.9 Å². The highest BCUT2D eigenvalue weighted by Crippen LogP contribution is 2.18. The first-order valence-corrected chi connectivity index (χ1v) is 11.0. The number of piperidine rings is 1. The Kier molecular flexibility index (Phi) is 7.97. The minimum atomic E-state index is 0.505. The number of aliphatic imine (C=N–C) groups is 1. The largest absolute Gasteiger partial charge is 0.381 e. The summed E-state index contributed by atoms with van der Waals surface area (Å²) in [4.78, 5) is 7.42. The van der Waals surface area contributed by atoms with Gasteiger partial charge in [-0.1, -0.05) is 22.0 Å². The van der Waals surface area contributed by atoms with Gasteiger partial charge in [0.05, 0.1) is 13.2 Å². The average Bonchev–Trinajstić information content (AvgIpc) is 3.16. The van der Waals surface area contributed by atoms with Gasteiger partial charge in [-0.3, -0.25) is 0 Å². The maximum absolute atomic E-state index is 5.51. The van der Waals surface area contributed by atoms with Gasteiger partial charge in [-0.25, -0.2) is 4.99 Å². The molecule has 5 nitrogen and oxygen atoms in total. The number of ether oxygens (including phenoxy) is 1. The first-order valence-electron chi connectivity index (χ1n) is 10.2. The first-order chi connectivity index (χ1) is 13.1. The zero-order valence-electron chi connectivity index (χ0n) is 16.6. The lowest BCUT2D eigenvalue weighted by molar-refractivity contribution is 0.150. The summed E-state index contributed by atoms with van der Waals surface area (Å²) in [5, 5.41) is 7.05. The molecule has 2 N–H and O–H groups in total. The molecule has 6 heteroatoms. The molecule has 0 spiro atoms. The van der Waals surface area contributed by atoms with Crippen LogP contribution in [0, 0.1) is 12.8 Å². The summed E-state index contributed by atoms with van der Waals surface area (Å²) in [6.45, 7) is 11.3. The van der Waals surface area contributed by atoms with E-state index in [1.807, 2.05) is 0 Å². The normalized spacial score (nSPS) is 22.2. The highest BCUT2D eigenvalue weighted by atomic mass is 79.9. The quantitative estimate of drug-likeness (QED) is 0.530. The van der Waals surface area contributed by atoms with Crippen molar-refractivity contribution in [1.82, 2.24) is 15.5 Å². The van der Waals surface area contributed by atoms with Gasteiger partial charge in [0.15, 0.2) is 5.96 Å². The van der Waals surface area contributed by atoms with Crippen LogP contribution < -0.4 is 10.6 Å². The number of guanidine groups is 1. The number of nitrogens with zero attached hydrogens (tertiary/aromatic N) is 2. The number of nitrogens with one attached hydrogen (secondary N) is 2. The maximum Gasteiger partial charge on any atom is 0.191 e. The molecule has 27 heavy (non-hydrogen) atoms. The van der Waals surface area contributed by atoms with E-state index >= 15 is 0 Å². The van der Waals surface area contributed by atoms with Crippen LogP contribution in [0.5, 0.6) is 0 Å². The van der Waals surface area contributed by atoms with Gasteiger partial charge in [0, 0.05) is 43.3 Å². The second-order valence-electron chi connectivity index (χ2n) is 7.71. The lowest BCUT2D eigenvalue weighted by Gasteiger charge is -2.34. The number of halogens is 1. The third kappa shape index (κ3) is 6.47. The highest BCUT2D eigenvalue weighted by Gasteiger charge is 2.24. The van der Waals surface area contributed by atoms with Gasteiger partial charge < -0.3 is 20.3 Å². The summed E-state index contributed by atoms with van der Waals surface area (Å²) >= 11 is 3.53. The molecule has 0 radical (unpaired) electrons. The molecule has 2 saturated heterocycles. The van der Waals surface area contributed by atoms with Gasteiger partial charge in [-0.05, 0) is 62.3 Å². The molecule has 0 bridgehead atoms. The van der Waals surface area contributed by atoms with Gasteiger partial charge in [-0.15, -0.1) is 0 Å². The van der Waals surface area contributed by atoms with E-state index < -0.39 is 0 Å². The lowest BCUT2D eigenvalue weighted by Crippen LogP contribution is -2.49. The number of rotatable bonds is 6. The Balaban J connectivity index is 1.49. The number of likely N-dealkylation sites (tertiary alicyclic amines) is 1. The average molecular weight is 437 g/mol. The molecule has 1 unspecified atom stereocenters. The third-order valence-electron chi connectivity index (χ3n) is 5.53. The molecule has 1 aromatic rings. The van der Waals surface area contributed by atoms with Crippen molar-refractivity contribution < 1.29 is 4.74 Å². The molecule has 150 valence electrons. The molecule has 2 heterocycles. The Bertz CT molecular complexity index is 623. The molecule has 2 aliphatic heterocycles. The fourth-order valence-corrected chi connectivity index (χ4v) is 4.34. The Labute approximate surface area is 172 Å². The summed E-state index contributed by atoms with van der Waals surface area (Å²) in [6.07, 6.45) is 3.58. The van der Waals surface area contributed by atoms with Crippen LogP contribution in [0.15, 0.2) is 27.7 Å². The number of benzene rings is 1. The molecule has 0 aliphatic carbocycles. The number of aryl methyl sites for hydroxylation is 1. The SMILES string of the molecule is CCNC(=NCc1ccc(Br)cc1C)NC1CCN(CC2CCOC2)CC1. The van der Waals surface area contributed by atoms with E-state index in [0.717, 1.165) is 36.1 Å². The highest BCUT2D eigenvalue weighted by molar-refractivity contribution is 9.10. The van der Waals surface area contributed by atoms with Crippen LogP contribution in [0.3, 0.4) is 0 Å². The zero-order valence-corrected chi connectivity index (χ0v) is 18.2.